The molecule has 2 aromatic heterocycles. The topological polar surface area (TPSA) is 95.2 Å². The van der Waals surface area contributed by atoms with Crippen LogP contribution in [0, 0.1) is 0 Å². The normalized spacial score (nSPS) is 13.0. The SMILES string of the molecule is COC[C@@H](C)NC(=O)Cn1c(=O)c2ccc(C(F)(F)F)nc2n(C)c1=O. The summed E-state index contributed by atoms with van der Waals surface area (Å²) in [7, 11) is 2.63. The molecule has 142 valence electrons. The number of aryl methyl sites for hydroxylation is 1. The van der Waals surface area contributed by atoms with E-state index in [1.807, 2.05) is 0 Å². The van der Waals surface area contributed by atoms with Gasteiger partial charge in [0.25, 0.3) is 5.56 Å². The number of ether oxygens (including phenoxy) is 1. The van der Waals surface area contributed by atoms with Crippen LogP contribution in [-0.4, -0.2) is 39.8 Å². The Hall–Kier alpha value is -2.69. The van der Waals surface area contributed by atoms with Crippen molar-refractivity contribution in [3.63, 3.8) is 0 Å². The number of hydrogen-bond acceptors (Lipinski definition) is 5. The third kappa shape index (κ3) is 3.93. The van der Waals surface area contributed by atoms with Gasteiger partial charge in [-0.25, -0.2) is 9.78 Å². The highest BCUT2D eigenvalue weighted by Gasteiger charge is 2.33. The Labute approximate surface area is 145 Å². The van der Waals surface area contributed by atoms with Crippen molar-refractivity contribution in [2.24, 2.45) is 7.05 Å². The molecule has 0 aliphatic carbocycles. The van der Waals surface area contributed by atoms with E-state index in [2.05, 4.69) is 10.3 Å². The average molecular weight is 374 g/mol. The van der Waals surface area contributed by atoms with Crippen LogP contribution in [0.15, 0.2) is 21.7 Å². The number of aromatic nitrogens is 3. The highest BCUT2D eigenvalue weighted by atomic mass is 19.4. The molecular weight excluding hydrogens is 357 g/mol. The minimum Gasteiger partial charge on any atom is -0.383 e. The number of nitrogens with one attached hydrogen (secondary N) is 1. The molecule has 0 bridgehead atoms. The van der Waals surface area contributed by atoms with Gasteiger partial charge in [-0.1, -0.05) is 0 Å². The molecule has 0 aliphatic heterocycles. The van der Waals surface area contributed by atoms with Gasteiger partial charge in [0.1, 0.15) is 17.9 Å². The molecule has 0 saturated carbocycles. The molecule has 0 aromatic carbocycles. The molecule has 2 aromatic rings. The van der Waals surface area contributed by atoms with Gasteiger partial charge in [-0.15, -0.1) is 0 Å². The van der Waals surface area contributed by atoms with Crippen LogP contribution in [-0.2, 0) is 29.3 Å². The van der Waals surface area contributed by atoms with Crippen LogP contribution in [0.4, 0.5) is 13.2 Å². The van der Waals surface area contributed by atoms with E-state index in [1.165, 1.54) is 14.2 Å². The van der Waals surface area contributed by atoms with E-state index in [0.717, 1.165) is 10.6 Å². The fourth-order valence-corrected chi connectivity index (χ4v) is 2.43. The number of rotatable bonds is 5. The first-order chi connectivity index (χ1) is 12.1. The molecule has 11 heteroatoms. The average Bonchev–Trinajstić information content (AvgIpc) is 2.55. The fourth-order valence-electron chi connectivity index (χ4n) is 2.43. The van der Waals surface area contributed by atoms with Crippen molar-refractivity contribution in [1.29, 1.82) is 0 Å². The smallest absolute Gasteiger partial charge is 0.383 e. The molecule has 0 spiro atoms. The number of hydrogen-bond donors (Lipinski definition) is 1. The van der Waals surface area contributed by atoms with Crippen molar-refractivity contribution in [2.75, 3.05) is 13.7 Å². The lowest BCUT2D eigenvalue weighted by atomic mass is 10.2. The predicted octanol–water partition coefficient (Wildman–Crippen LogP) is 0.265. The third-order valence-electron chi connectivity index (χ3n) is 3.60. The molecule has 0 fully saturated rings. The highest BCUT2D eigenvalue weighted by molar-refractivity contribution is 5.77. The fraction of sp³-hybridized carbons (Fsp3) is 0.467. The van der Waals surface area contributed by atoms with Crippen LogP contribution in [0.5, 0.6) is 0 Å². The second kappa shape index (κ2) is 7.28. The third-order valence-corrected chi connectivity index (χ3v) is 3.60. The molecule has 1 N–H and O–H groups in total. The van der Waals surface area contributed by atoms with Crippen LogP contribution in [0.25, 0.3) is 11.0 Å². The van der Waals surface area contributed by atoms with Crippen molar-refractivity contribution in [1.82, 2.24) is 19.4 Å². The quantitative estimate of drug-likeness (QED) is 0.810. The van der Waals surface area contributed by atoms with E-state index < -0.39 is 41.2 Å². The van der Waals surface area contributed by atoms with Crippen molar-refractivity contribution in [3.8, 4) is 0 Å². The molecule has 0 saturated heterocycles. The van der Waals surface area contributed by atoms with Crippen molar-refractivity contribution in [2.45, 2.75) is 25.7 Å². The van der Waals surface area contributed by atoms with Gasteiger partial charge >= 0.3 is 11.9 Å². The zero-order valence-corrected chi connectivity index (χ0v) is 14.3. The Balaban J connectivity index is 2.48. The number of nitrogens with zero attached hydrogens (tertiary/aromatic N) is 3. The van der Waals surface area contributed by atoms with Gasteiger partial charge in [0.05, 0.1) is 12.0 Å². The minimum absolute atomic E-state index is 0.196. The van der Waals surface area contributed by atoms with Crippen LogP contribution >= 0.6 is 0 Å². The summed E-state index contributed by atoms with van der Waals surface area (Å²) in [5, 5.41) is 2.35. The number of halogens is 3. The van der Waals surface area contributed by atoms with Gasteiger partial charge in [-0.3, -0.25) is 18.7 Å². The van der Waals surface area contributed by atoms with E-state index in [4.69, 9.17) is 4.74 Å². The van der Waals surface area contributed by atoms with Gasteiger partial charge in [-0.2, -0.15) is 13.2 Å². The maximum Gasteiger partial charge on any atom is 0.433 e. The van der Waals surface area contributed by atoms with Gasteiger partial charge in [0, 0.05) is 20.2 Å². The van der Waals surface area contributed by atoms with Gasteiger partial charge in [0.15, 0.2) is 0 Å². The predicted molar refractivity (Wildman–Crippen MR) is 85.7 cm³/mol. The van der Waals surface area contributed by atoms with Crippen molar-refractivity contribution in [3.05, 3.63) is 38.7 Å². The van der Waals surface area contributed by atoms with E-state index in [-0.39, 0.29) is 18.0 Å². The summed E-state index contributed by atoms with van der Waals surface area (Å²) >= 11 is 0. The second-order valence-corrected chi connectivity index (χ2v) is 5.72. The number of carbonyl (C=O) groups excluding carboxylic acids is 1. The number of carbonyl (C=O) groups is 1. The summed E-state index contributed by atoms with van der Waals surface area (Å²) in [6, 6.07) is 1.25. The number of fused-ring (bicyclic) bond motifs is 1. The summed E-state index contributed by atoms with van der Waals surface area (Å²) in [6.07, 6.45) is -4.71. The van der Waals surface area contributed by atoms with Gasteiger partial charge in [0.2, 0.25) is 5.91 Å². The van der Waals surface area contributed by atoms with Crippen LogP contribution < -0.4 is 16.6 Å². The number of methoxy groups -OCH3 is 1. The standard InChI is InChI=1S/C15H17F3N4O4/c1-8(7-26-3)19-11(23)6-22-13(24)9-4-5-10(15(16,17)18)20-12(9)21(2)14(22)25/h4-5,8H,6-7H2,1-3H3,(H,19,23)/t8-/m1/s1. The van der Waals surface area contributed by atoms with E-state index in [0.29, 0.717) is 10.6 Å². The molecule has 8 nitrogen and oxygen atoms in total. The van der Waals surface area contributed by atoms with Gasteiger partial charge < -0.3 is 10.1 Å². The Bertz CT molecular complexity index is 949. The van der Waals surface area contributed by atoms with Crippen LogP contribution in [0.2, 0.25) is 0 Å². The summed E-state index contributed by atoms with van der Waals surface area (Å²) in [6.45, 7) is 1.34. The molecule has 0 radical (unpaired) electrons. The lowest BCUT2D eigenvalue weighted by Crippen LogP contribution is -2.45. The lowest BCUT2D eigenvalue weighted by Gasteiger charge is -2.14. The summed E-state index contributed by atoms with van der Waals surface area (Å²) in [4.78, 5) is 40.1. The maximum absolute atomic E-state index is 12.8. The number of pyridine rings is 1. The Kier molecular flexibility index (Phi) is 5.50. The second-order valence-electron chi connectivity index (χ2n) is 5.72. The van der Waals surface area contributed by atoms with E-state index in [1.54, 1.807) is 6.92 Å². The first-order valence-corrected chi connectivity index (χ1v) is 7.52. The molecular formula is C15H17F3N4O4. The Morgan fingerprint density at radius 1 is 1.35 bits per heavy atom. The van der Waals surface area contributed by atoms with E-state index in [9.17, 15) is 27.6 Å². The van der Waals surface area contributed by atoms with Crippen molar-refractivity contribution >= 4 is 16.9 Å². The molecule has 2 rings (SSSR count). The maximum atomic E-state index is 12.8. The number of alkyl halides is 3. The summed E-state index contributed by atoms with van der Waals surface area (Å²) < 4.78 is 44.7. The zero-order chi connectivity index (χ0) is 19.6. The van der Waals surface area contributed by atoms with Gasteiger partial charge in [-0.05, 0) is 19.1 Å². The molecule has 0 unspecified atom stereocenters. The largest absolute Gasteiger partial charge is 0.433 e. The molecule has 1 atom stereocenters. The Morgan fingerprint density at radius 3 is 2.58 bits per heavy atom. The zero-order valence-electron chi connectivity index (χ0n) is 14.3. The summed E-state index contributed by atoms with van der Waals surface area (Å²) in [5.74, 6) is -0.604. The molecule has 1 amide bonds. The molecule has 2 heterocycles. The van der Waals surface area contributed by atoms with E-state index >= 15 is 0 Å². The first kappa shape index (κ1) is 19.6. The molecule has 0 aliphatic rings. The van der Waals surface area contributed by atoms with Crippen LogP contribution in [0.1, 0.15) is 12.6 Å². The summed E-state index contributed by atoms with van der Waals surface area (Å²) in [5.41, 5.74) is -3.45. The van der Waals surface area contributed by atoms with Crippen LogP contribution in [0.3, 0.4) is 0 Å². The first-order valence-electron chi connectivity index (χ1n) is 7.52. The minimum atomic E-state index is -4.71. The number of amides is 1. The highest BCUT2D eigenvalue weighted by Crippen LogP contribution is 2.28. The lowest BCUT2D eigenvalue weighted by molar-refractivity contribution is -0.141. The van der Waals surface area contributed by atoms with Crippen molar-refractivity contribution < 1.29 is 22.7 Å². The monoisotopic (exact) mass is 374 g/mol. The Morgan fingerprint density at radius 2 is 2.00 bits per heavy atom. The molecule has 26 heavy (non-hydrogen) atoms.